The molecule has 0 radical (unpaired) electrons. The number of nitrogens with one attached hydrogen (secondary N) is 1. The zero-order chi connectivity index (χ0) is 13.9. The maximum absolute atomic E-state index is 11.9. The van der Waals surface area contributed by atoms with Crippen molar-refractivity contribution < 1.29 is 14.7 Å². The van der Waals surface area contributed by atoms with Crippen LogP contribution in [-0.4, -0.2) is 23.5 Å². The van der Waals surface area contributed by atoms with Crippen LogP contribution in [0.5, 0.6) is 0 Å². The summed E-state index contributed by atoms with van der Waals surface area (Å²) in [6, 6.07) is 5.55. The van der Waals surface area contributed by atoms with Gasteiger partial charge in [-0.2, -0.15) is 0 Å². The topological polar surface area (TPSA) is 66.4 Å². The summed E-state index contributed by atoms with van der Waals surface area (Å²) in [6.07, 6.45) is 0. The van der Waals surface area contributed by atoms with E-state index in [2.05, 4.69) is 5.32 Å². The van der Waals surface area contributed by atoms with E-state index in [1.807, 2.05) is 26.0 Å². The van der Waals surface area contributed by atoms with Crippen LogP contribution < -0.4 is 5.32 Å². The predicted molar refractivity (Wildman–Crippen MR) is 69.7 cm³/mol. The number of carbonyl (C=O) groups is 2. The summed E-state index contributed by atoms with van der Waals surface area (Å²) in [5, 5.41) is 11.6. The first kappa shape index (κ1) is 14.2. The van der Waals surface area contributed by atoms with Crippen LogP contribution in [-0.2, 0) is 4.79 Å². The molecule has 0 aliphatic carbocycles. The van der Waals surface area contributed by atoms with E-state index < -0.39 is 11.4 Å². The van der Waals surface area contributed by atoms with Gasteiger partial charge in [-0.25, -0.2) is 0 Å². The molecule has 98 valence electrons. The number of benzene rings is 1. The van der Waals surface area contributed by atoms with Gasteiger partial charge in [0.05, 0.1) is 5.41 Å². The van der Waals surface area contributed by atoms with Gasteiger partial charge < -0.3 is 10.4 Å². The van der Waals surface area contributed by atoms with Crippen molar-refractivity contribution in [1.29, 1.82) is 0 Å². The van der Waals surface area contributed by atoms with Crippen LogP contribution in [0.25, 0.3) is 0 Å². The van der Waals surface area contributed by atoms with E-state index in [0.29, 0.717) is 5.56 Å². The number of aliphatic carboxylic acids is 1. The van der Waals surface area contributed by atoms with Gasteiger partial charge in [0.1, 0.15) is 0 Å². The van der Waals surface area contributed by atoms with E-state index in [4.69, 9.17) is 5.11 Å². The fraction of sp³-hybridized carbons (Fsp3) is 0.429. The Morgan fingerprint density at radius 3 is 2.39 bits per heavy atom. The number of hydrogen-bond acceptors (Lipinski definition) is 2. The lowest BCUT2D eigenvalue weighted by Gasteiger charge is -2.19. The molecule has 0 aliphatic rings. The molecule has 4 nitrogen and oxygen atoms in total. The molecule has 1 amide bonds. The Bertz CT molecular complexity index is 478. The van der Waals surface area contributed by atoms with Gasteiger partial charge in [-0.3, -0.25) is 9.59 Å². The third-order valence-corrected chi connectivity index (χ3v) is 2.90. The average Bonchev–Trinajstić information content (AvgIpc) is 2.25. The van der Waals surface area contributed by atoms with Crippen molar-refractivity contribution in [3.05, 3.63) is 34.9 Å². The van der Waals surface area contributed by atoms with Crippen molar-refractivity contribution in [1.82, 2.24) is 5.32 Å². The minimum atomic E-state index is -0.964. The summed E-state index contributed by atoms with van der Waals surface area (Å²) in [6.45, 7) is 7.09. The predicted octanol–water partition coefficient (Wildman–Crippen LogP) is 2.14. The number of carbonyl (C=O) groups excluding carboxylic acids is 1. The highest BCUT2D eigenvalue weighted by Gasteiger charge is 2.27. The van der Waals surface area contributed by atoms with E-state index in [0.717, 1.165) is 11.1 Å². The zero-order valence-corrected chi connectivity index (χ0v) is 11.2. The van der Waals surface area contributed by atoms with Gasteiger partial charge in [0.15, 0.2) is 0 Å². The SMILES string of the molecule is Cc1ccc(C(=O)NCC(C)(C)C(=O)O)c(C)c1. The lowest BCUT2D eigenvalue weighted by Crippen LogP contribution is -2.39. The molecule has 0 aliphatic heterocycles. The third kappa shape index (κ3) is 3.32. The molecule has 0 atom stereocenters. The highest BCUT2D eigenvalue weighted by atomic mass is 16.4. The molecule has 1 aromatic carbocycles. The molecular weight excluding hydrogens is 230 g/mol. The molecule has 0 saturated heterocycles. The number of hydrogen-bond donors (Lipinski definition) is 2. The smallest absolute Gasteiger partial charge is 0.310 e. The van der Waals surface area contributed by atoms with Gasteiger partial charge in [0.2, 0.25) is 0 Å². The molecule has 18 heavy (non-hydrogen) atoms. The molecule has 0 unspecified atom stereocenters. The Morgan fingerprint density at radius 2 is 1.89 bits per heavy atom. The molecule has 0 bridgehead atoms. The summed E-state index contributed by atoms with van der Waals surface area (Å²) in [5.41, 5.74) is 1.60. The second kappa shape index (κ2) is 5.21. The number of amides is 1. The Morgan fingerprint density at radius 1 is 1.28 bits per heavy atom. The first-order valence-electron chi connectivity index (χ1n) is 5.83. The summed E-state index contributed by atoms with van der Waals surface area (Å²) < 4.78 is 0. The maximum Gasteiger partial charge on any atom is 0.310 e. The highest BCUT2D eigenvalue weighted by molar-refractivity contribution is 5.96. The van der Waals surface area contributed by atoms with Gasteiger partial charge in [-0.15, -0.1) is 0 Å². The Kier molecular flexibility index (Phi) is 4.11. The van der Waals surface area contributed by atoms with Crippen LogP contribution in [0.15, 0.2) is 18.2 Å². The molecule has 0 fully saturated rings. The summed E-state index contributed by atoms with van der Waals surface area (Å²) in [7, 11) is 0. The van der Waals surface area contributed by atoms with Crippen LogP contribution in [0, 0.1) is 19.3 Å². The Hall–Kier alpha value is -1.84. The first-order valence-corrected chi connectivity index (χ1v) is 5.83. The molecule has 4 heteroatoms. The van der Waals surface area contributed by atoms with Crippen LogP contribution in [0.1, 0.15) is 35.3 Å². The quantitative estimate of drug-likeness (QED) is 0.859. The second-order valence-corrected chi connectivity index (χ2v) is 5.19. The number of carboxylic acid groups (broad SMARTS) is 1. The van der Waals surface area contributed by atoms with Crippen LogP contribution in [0.4, 0.5) is 0 Å². The fourth-order valence-corrected chi connectivity index (χ4v) is 1.54. The minimum absolute atomic E-state index is 0.106. The minimum Gasteiger partial charge on any atom is -0.481 e. The largest absolute Gasteiger partial charge is 0.481 e. The third-order valence-electron chi connectivity index (χ3n) is 2.90. The maximum atomic E-state index is 11.9. The number of aryl methyl sites for hydroxylation is 2. The van der Waals surface area contributed by atoms with Crippen LogP contribution >= 0.6 is 0 Å². The standard InChI is InChI=1S/C14H19NO3/c1-9-5-6-11(10(2)7-9)12(16)15-8-14(3,4)13(17)18/h5-7H,8H2,1-4H3,(H,15,16)(H,17,18). The fourth-order valence-electron chi connectivity index (χ4n) is 1.54. The number of rotatable bonds is 4. The van der Waals surface area contributed by atoms with E-state index in [1.165, 1.54) is 0 Å². The van der Waals surface area contributed by atoms with E-state index in [9.17, 15) is 9.59 Å². The molecule has 0 saturated carbocycles. The van der Waals surface area contributed by atoms with Gasteiger partial charge in [-0.1, -0.05) is 17.7 Å². The molecule has 2 N–H and O–H groups in total. The van der Waals surface area contributed by atoms with E-state index in [-0.39, 0.29) is 12.5 Å². The second-order valence-electron chi connectivity index (χ2n) is 5.19. The van der Waals surface area contributed by atoms with E-state index >= 15 is 0 Å². The van der Waals surface area contributed by atoms with Gasteiger partial charge in [0, 0.05) is 12.1 Å². The van der Waals surface area contributed by atoms with Crippen molar-refractivity contribution >= 4 is 11.9 Å². The highest BCUT2D eigenvalue weighted by Crippen LogP contribution is 2.15. The monoisotopic (exact) mass is 249 g/mol. The van der Waals surface area contributed by atoms with Crippen molar-refractivity contribution in [2.24, 2.45) is 5.41 Å². The lowest BCUT2D eigenvalue weighted by molar-refractivity contribution is -0.146. The summed E-state index contributed by atoms with van der Waals surface area (Å²) in [5.74, 6) is -1.16. The normalized spacial score (nSPS) is 11.1. The van der Waals surface area contributed by atoms with Crippen molar-refractivity contribution in [2.45, 2.75) is 27.7 Å². The first-order chi connectivity index (χ1) is 8.24. The van der Waals surface area contributed by atoms with Crippen molar-refractivity contribution in [2.75, 3.05) is 6.54 Å². The van der Waals surface area contributed by atoms with Crippen molar-refractivity contribution in [3.8, 4) is 0 Å². The number of carboxylic acids is 1. The average molecular weight is 249 g/mol. The molecule has 0 heterocycles. The van der Waals surface area contributed by atoms with Gasteiger partial charge in [0.25, 0.3) is 5.91 Å². The van der Waals surface area contributed by atoms with Gasteiger partial charge >= 0.3 is 5.97 Å². The summed E-state index contributed by atoms with van der Waals surface area (Å²) in [4.78, 5) is 22.9. The molecule has 1 aromatic rings. The zero-order valence-electron chi connectivity index (χ0n) is 11.2. The lowest BCUT2D eigenvalue weighted by atomic mass is 9.93. The van der Waals surface area contributed by atoms with Crippen molar-refractivity contribution in [3.63, 3.8) is 0 Å². The van der Waals surface area contributed by atoms with Crippen LogP contribution in [0.3, 0.4) is 0 Å². The molecule has 1 rings (SSSR count). The molecular formula is C14H19NO3. The Balaban J connectivity index is 2.75. The molecule has 0 aromatic heterocycles. The Labute approximate surface area is 107 Å². The molecule has 0 spiro atoms. The van der Waals surface area contributed by atoms with Crippen LogP contribution in [0.2, 0.25) is 0 Å². The summed E-state index contributed by atoms with van der Waals surface area (Å²) >= 11 is 0. The van der Waals surface area contributed by atoms with E-state index in [1.54, 1.807) is 19.9 Å². The van der Waals surface area contributed by atoms with Gasteiger partial charge in [-0.05, 0) is 39.3 Å².